The molecule has 1 aromatic rings. The van der Waals surface area contributed by atoms with E-state index in [1.54, 1.807) is 0 Å². The quantitative estimate of drug-likeness (QED) is 0.900. The van der Waals surface area contributed by atoms with Crippen molar-refractivity contribution < 1.29 is 14.7 Å². The highest BCUT2D eigenvalue weighted by atomic mass is 16.4. The number of piperidine rings is 1. The molecule has 1 aliphatic rings. The van der Waals surface area contributed by atoms with E-state index >= 15 is 0 Å². The molecule has 0 atom stereocenters. The Balaban J connectivity index is 2.06. The Kier molecular flexibility index (Phi) is 5.33. The molecule has 1 heterocycles. The first-order valence-electron chi connectivity index (χ1n) is 7.43. The molecule has 1 saturated heterocycles. The summed E-state index contributed by atoms with van der Waals surface area (Å²) in [6.45, 7) is 3.40. The highest BCUT2D eigenvalue weighted by molar-refractivity contribution is 5.93. The number of carboxylic acid groups (broad SMARTS) is 1. The molecule has 0 spiro atoms. The highest BCUT2D eigenvalue weighted by Gasteiger charge is 2.28. The average Bonchev–Trinajstić information content (AvgIpc) is 2.49. The average molecular weight is 290 g/mol. The van der Waals surface area contributed by atoms with Gasteiger partial charge in [-0.05, 0) is 25.0 Å². The van der Waals surface area contributed by atoms with Crippen LogP contribution in [0.15, 0.2) is 30.3 Å². The largest absolute Gasteiger partial charge is 0.480 e. The molecule has 0 unspecified atom stereocenters. The number of hydrogen-bond donors (Lipinski definition) is 1. The molecule has 5 heteroatoms. The summed E-state index contributed by atoms with van der Waals surface area (Å²) in [5, 5.41) is 8.84. The number of rotatable bonds is 5. The van der Waals surface area contributed by atoms with Gasteiger partial charge in [0.15, 0.2) is 0 Å². The van der Waals surface area contributed by atoms with Crippen LogP contribution in [0.25, 0.3) is 0 Å². The molecule has 1 aliphatic heterocycles. The van der Waals surface area contributed by atoms with Gasteiger partial charge in [-0.2, -0.15) is 0 Å². The third-order valence-corrected chi connectivity index (χ3v) is 3.89. The normalized spacial score (nSPS) is 16.6. The number of carboxylic acids is 1. The van der Waals surface area contributed by atoms with Crippen LogP contribution in [0.1, 0.15) is 26.2 Å². The van der Waals surface area contributed by atoms with Gasteiger partial charge in [-0.15, -0.1) is 0 Å². The molecule has 0 aromatic heterocycles. The lowest BCUT2D eigenvalue weighted by molar-refractivity contribution is -0.138. The minimum absolute atomic E-state index is 0.0831. The fourth-order valence-electron chi connectivity index (χ4n) is 2.84. The zero-order valence-electron chi connectivity index (χ0n) is 12.4. The summed E-state index contributed by atoms with van der Waals surface area (Å²) in [6.07, 6.45) is 2.10. The zero-order chi connectivity index (χ0) is 15.2. The zero-order valence-corrected chi connectivity index (χ0v) is 12.4. The van der Waals surface area contributed by atoms with Crippen molar-refractivity contribution in [2.45, 2.75) is 32.2 Å². The predicted octanol–water partition coefficient (Wildman–Crippen LogP) is 1.98. The number of aliphatic carboxylic acids is 1. The topological polar surface area (TPSA) is 60.9 Å². The molecule has 1 aromatic carbocycles. The lowest BCUT2D eigenvalue weighted by atomic mass is 10.0. The minimum atomic E-state index is -0.794. The Bertz CT molecular complexity index is 482. The van der Waals surface area contributed by atoms with Gasteiger partial charge in [0.25, 0.3) is 0 Å². The summed E-state index contributed by atoms with van der Waals surface area (Å²) in [7, 11) is 0. The van der Waals surface area contributed by atoms with Crippen LogP contribution in [-0.2, 0) is 9.59 Å². The Labute approximate surface area is 125 Å². The molecule has 1 fully saturated rings. The number of anilines is 1. The standard InChI is InChI=1S/C16H22N2O3/c1-2-15(19)18(13-6-4-3-5-7-13)14-8-10-17(11-9-14)12-16(20)21/h3-7,14H,2,8-12H2,1H3,(H,20,21). The van der Waals surface area contributed by atoms with Crippen molar-refractivity contribution >= 4 is 17.6 Å². The SMILES string of the molecule is CCC(=O)N(c1ccccc1)C1CCN(CC(=O)O)CC1. The van der Waals surface area contributed by atoms with E-state index in [9.17, 15) is 9.59 Å². The van der Waals surface area contributed by atoms with Crippen LogP contribution in [-0.4, -0.2) is 47.6 Å². The first kappa shape index (κ1) is 15.5. The van der Waals surface area contributed by atoms with Gasteiger partial charge >= 0.3 is 5.97 Å². The number of carbonyl (C=O) groups excluding carboxylic acids is 1. The van der Waals surface area contributed by atoms with Crippen molar-refractivity contribution in [3.05, 3.63) is 30.3 Å². The van der Waals surface area contributed by atoms with Crippen LogP contribution in [0.4, 0.5) is 5.69 Å². The maximum atomic E-state index is 12.3. The fourth-order valence-corrected chi connectivity index (χ4v) is 2.84. The first-order chi connectivity index (χ1) is 10.1. The first-order valence-corrected chi connectivity index (χ1v) is 7.43. The van der Waals surface area contributed by atoms with Crippen molar-refractivity contribution in [2.24, 2.45) is 0 Å². The highest BCUT2D eigenvalue weighted by Crippen LogP contribution is 2.24. The Morgan fingerprint density at radius 3 is 2.38 bits per heavy atom. The Morgan fingerprint density at radius 1 is 1.24 bits per heavy atom. The molecule has 0 saturated carbocycles. The van der Waals surface area contributed by atoms with Crippen molar-refractivity contribution in [3.63, 3.8) is 0 Å². The maximum absolute atomic E-state index is 12.3. The summed E-state index contributed by atoms with van der Waals surface area (Å²) in [6, 6.07) is 9.88. The van der Waals surface area contributed by atoms with Crippen LogP contribution in [0.3, 0.4) is 0 Å². The van der Waals surface area contributed by atoms with Crippen molar-refractivity contribution in [2.75, 3.05) is 24.5 Å². The summed E-state index contributed by atoms with van der Waals surface area (Å²) < 4.78 is 0. The second-order valence-electron chi connectivity index (χ2n) is 5.35. The van der Waals surface area contributed by atoms with E-state index in [0.717, 1.165) is 31.6 Å². The van der Waals surface area contributed by atoms with Crippen LogP contribution in [0, 0.1) is 0 Å². The molecular weight excluding hydrogens is 268 g/mol. The molecule has 0 bridgehead atoms. The molecule has 1 amide bonds. The maximum Gasteiger partial charge on any atom is 0.317 e. The number of hydrogen-bond acceptors (Lipinski definition) is 3. The molecule has 114 valence electrons. The molecule has 0 aliphatic carbocycles. The van der Waals surface area contributed by atoms with Crippen LogP contribution in [0.2, 0.25) is 0 Å². The van der Waals surface area contributed by atoms with Gasteiger partial charge in [-0.1, -0.05) is 25.1 Å². The Hall–Kier alpha value is -1.88. The monoisotopic (exact) mass is 290 g/mol. The van der Waals surface area contributed by atoms with E-state index in [4.69, 9.17) is 5.11 Å². The van der Waals surface area contributed by atoms with E-state index in [1.807, 2.05) is 47.1 Å². The van der Waals surface area contributed by atoms with Gasteiger partial charge in [0, 0.05) is 31.2 Å². The van der Waals surface area contributed by atoms with Crippen molar-refractivity contribution in [1.82, 2.24) is 4.90 Å². The van der Waals surface area contributed by atoms with E-state index < -0.39 is 5.97 Å². The van der Waals surface area contributed by atoms with Crippen LogP contribution < -0.4 is 4.90 Å². The van der Waals surface area contributed by atoms with Gasteiger partial charge in [-0.3, -0.25) is 14.5 Å². The molecule has 1 N–H and O–H groups in total. The second kappa shape index (κ2) is 7.22. The third-order valence-electron chi connectivity index (χ3n) is 3.89. The summed E-state index contributed by atoms with van der Waals surface area (Å²) in [4.78, 5) is 26.9. The summed E-state index contributed by atoms with van der Waals surface area (Å²) in [5.74, 6) is -0.670. The summed E-state index contributed by atoms with van der Waals surface area (Å²) >= 11 is 0. The second-order valence-corrected chi connectivity index (χ2v) is 5.35. The van der Waals surface area contributed by atoms with E-state index in [2.05, 4.69) is 0 Å². The molecule has 5 nitrogen and oxygen atoms in total. The fraction of sp³-hybridized carbons (Fsp3) is 0.500. The summed E-state index contributed by atoms with van der Waals surface area (Å²) in [5.41, 5.74) is 0.932. The lowest BCUT2D eigenvalue weighted by Crippen LogP contribution is -2.48. The number of carbonyl (C=O) groups is 2. The third kappa shape index (κ3) is 4.04. The van der Waals surface area contributed by atoms with Gasteiger partial charge in [-0.25, -0.2) is 0 Å². The molecule has 2 rings (SSSR count). The van der Waals surface area contributed by atoms with Crippen molar-refractivity contribution in [3.8, 4) is 0 Å². The number of para-hydroxylation sites is 1. The number of likely N-dealkylation sites (tertiary alicyclic amines) is 1. The van der Waals surface area contributed by atoms with Gasteiger partial charge in [0.05, 0.1) is 6.54 Å². The smallest absolute Gasteiger partial charge is 0.317 e. The molecule has 21 heavy (non-hydrogen) atoms. The predicted molar refractivity (Wildman–Crippen MR) is 81.3 cm³/mol. The van der Waals surface area contributed by atoms with Crippen LogP contribution in [0.5, 0.6) is 0 Å². The van der Waals surface area contributed by atoms with Gasteiger partial charge in [0.2, 0.25) is 5.91 Å². The van der Waals surface area contributed by atoms with Crippen molar-refractivity contribution in [1.29, 1.82) is 0 Å². The van der Waals surface area contributed by atoms with E-state index in [0.29, 0.717) is 6.42 Å². The van der Waals surface area contributed by atoms with E-state index in [-0.39, 0.29) is 18.5 Å². The van der Waals surface area contributed by atoms with E-state index in [1.165, 1.54) is 0 Å². The lowest BCUT2D eigenvalue weighted by Gasteiger charge is -2.38. The minimum Gasteiger partial charge on any atom is -0.480 e. The molecular formula is C16H22N2O3. The van der Waals surface area contributed by atoms with Gasteiger partial charge in [0.1, 0.15) is 0 Å². The number of benzene rings is 1. The van der Waals surface area contributed by atoms with Gasteiger partial charge < -0.3 is 10.0 Å². The number of amides is 1. The number of nitrogens with zero attached hydrogens (tertiary/aromatic N) is 2. The van der Waals surface area contributed by atoms with Crippen LogP contribution >= 0.6 is 0 Å². The Morgan fingerprint density at radius 2 is 1.86 bits per heavy atom. The molecule has 0 radical (unpaired) electrons.